The standard InChI is InChI=1S/C51H33N5/c1-3-15-36(16-4-1)47-27-25-38(32-52-47)40-29-41(39-26-28-48(53-33-39)37-17-5-2-6-18-37)31-42(30-40)49-54-50(45-23-11-19-34-13-7-9-21-43(34)45)56-51(55-49)46-24-12-20-35-14-8-10-22-44(35)46/h1-33H. The largest absolute Gasteiger partial charge is 0.256 e. The second-order valence-electron chi connectivity index (χ2n) is 13.8. The third-order valence-electron chi connectivity index (χ3n) is 10.2. The third-order valence-corrected chi connectivity index (χ3v) is 10.2. The predicted molar refractivity (Wildman–Crippen MR) is 228 cm³/mol. The molecule has 3 aromatic heterocycles. The molecule has 3 heterocycles. The number of hydrogen-bond donors (Lipinski definition) is 0. The first kappa shape index (κ1) is 33.0. The summed E-state index contributed by atoms with van der Waals surface area (Å²) < 4.78 is 0. The molecule has 0 fully saturated rings. The van der Waals surface area contributed by atoms with E-state index in [2.05, 4.69) is 152 Å². The van der Waals surface area contributed by atoms with Gasteiger partial charge in [-0.1, -0.05) is 158 Å². The molecule has 56 heavy (non-hydrogen) atoms. The molecule has 0 radical (unpaired) electrons. The van der Waals surface area contributed by atoms with Crippen LogP contribution in [0.5, 0.6) is 0 Å². The predicted octanol–water partition coefficient (Wildman–Crippen LogP) is 12.6. The van der Waals surface area contributed by atoms with Crippen molar-refractivity contribution >= 4 is 21.5 Å². The van der Waals surface area contributed by atoms with Crippen LogP contribution in [0, 0.1) is 0 Å². The van der Waals surface area contributed by atoms with Crippen molar-refractivity contribution in [3.63, 3.8) is 0 Å². The third kappa shape index (κ3) is 6.37. The van der Waals surface area contributed by atoms with E-state index in [-0.39, 0.29) is 0 Å². The van der Waals surface area contributed by atoms with Crippen molar-refractivity contribution in [2.75, 3.05) is 0 Å². The molecule has 0 unspecified atom stereocenters. The Morgan fingerprint density at radius 1 is 0.268 bits per heavy atom. The highest BCUT2D eigenvalue weighted by molar-refractivity contribution is 5.97. The highest BCUT2D eigenvalue weighted by Gasteiger charge is 2.18. The normalized spacial score (nSPS) is 11.2. The Balaban J connectivity index is 1.18. The Labute approximate surface area is 324 Å². The molecule has 0 N–H and O–H groups in total. The summed E-state index contributed by atoms with van der Waals surface area (Å²) in [5.74, 6) is 1.81. The summed E-state index contributed by atoms with van der Waals surface area (Å²) in [7, 11) is 0. The Kier molecular flexibility index (Phi) is 8.43. The van der Waals surface area contributed by atoms with E-state index >= 15 is 0 Å². The van der Waals surface area contributed by atoms with Crippen molar-refractivity contribution < 1.29 is 0 Å². The summed E-state index contributed by atoms with van der Waals surface area (Å²) >= 11 is 0. The molecule has 10 rings (SSSR count). The zero-order valence-corrected chi connectivity index (χ0v) is 30.3. The maximum atomic E-state index is 5.25. The smallest absolute Gasteiger partial charge is 0.164 e. The molecule has 0 aliphatic heterocycles. The highest BCUT2D eigenvalue weighted by Crippen LogP contribution is 2.36. The summed E-state index contributed by atoms with van der Waals surface area (Å²) in [6.07, 6.45) is 3.89. The minimum atomic E-state index is 0.580. The van der Waals surface area contributed by atoms with E-state index in [0.29, 0.717) is 17.5 Å². The van der Waals surface area contributed by atoms with Crippen molar-refractivity contribution in [3.05, 3.63) is 200 Å². The molecule has 5 nitrogen and oxygen atoms in total. The Morgan fingerprint density at radius 2 is 0.679 bits per heavy atom. The highest BCUT2D eigenvalue weighted by atomic mass is 15.0. The minimum Gasteiger partial charge on any atom is -0.256 e. The fourth-order valence-electron chi connectivity index (χ4n) is 7.37. The fraction of sp³-hybridized carbons (Fsp3) is 0. The van der Waals surface area contributed by atoms with Gasteiger partial charge in [0.2, 0.25) is 0 Å². The second kappa shape index (κ2) is 14.3. The van der Waals surface area contributed by atoms with Crippen LogP contribution < -0.4 is 0 Å². The lowest BCUT2D eigenvalue weighted by Gasteiger charge is -2.14. The number of hydrogen-bond acceptors (Lipinski definition) is 5. The van der Waals surface area contributed by atoms with Gasteiger partial charge in [-0.15, -0.1) is 0 Å². The van der Waals surface area contributed by atoms with E-state index < -0.39 is 0 Å². The fourth-order valence-corrected chi connectivity index (χ4v) is 7.37. The first-order valence-corrected chi connectivity index (χ1v) is 18.7. The topological polar surface area (TPSA) is 64.5 Å². The molecule has 0 amide bonds. The zero-order valence-electron chi connectivity index (χ0n) is 30.3. The van der Waals surface area contributed by atoms with Crippen molar-refractivity contribution in [3.8, 4) is 78.9 Å². The van der Waals surface area contributed by atoms with E-state index in [1.807, 2.05) is 48.8 Å². The van der Waals surface area contributed by atoms with Gasteiger partial charge >= 0.3 is 0 Å². The lowest BCUT2D eigenvalue weighted by atomic mass is 9.96. The van der Waals surface area contributed by atoms with Crippen LogP contribution in [0.2, 0.25) is 0 Å². The molecule has 0 atom stereocenters. The first-order valence-electron chi connectivity index (χ1n) is 18.7. The molecule has 0 saturated heterocycles. The molecule has 0 aliphatic carbocycles. The SMILES string of the molecule is c1ccc(-c2ccc(-c3cc(-c4ccc(-c5ccccc5)nc4)cc(-c4nc(-c5cccc6ccccc56)nc(-c5cccc6ccccc56)n4)c3)cn2)cc1. The van der Waals surface area contributed by atoms with Crippen molar-refractivity contribution in [2.24, 2.45) is 0 Å². The molecule has 7 aromatic carbocycles. The van der Waals surface area contributed by atoms with Gasteiger partial charge in [-0.3, -0.25) is 9.97 Å². The molecular weight excluding hydrogens is 683 g/mol. The van der Waals surface area contributed by atoms with Crippen LogP contribution in [0.3, 0.4) is 0 Å². The van der Waals surface area contributed by atoms with Gasteiger partial charge in [-0.25, -0.2) is 15.0 Å². The van der Waals surface area contributed by atoms with E-state index in [1.165, 1.54) is 0 Å². The van der Waals surface area contributed by atoms with Gasteiger partial charge in [-0.05, 0) is 63.0 Å². The van der Waals surface area contributed by atoms with Crippen LogP contribution in [0.15, 0.2) is 200 Å². The monoisotopic (exact) mass is 715 g/mol. The van der Waals surface area contributed by atoms with Gasteiger partial charge in [0.25, 0.3) is 0 Å². The van der Waals surface area contributed by atoms with Crippen molar-refractivity contribution in [1.29, 1.82) is 0 Å². The zero-order chi connectivity index (χ0) is 37.3. The van der Waals surface area contributed by atoms with E-state index in [0.717, 1.165) is 83.0 Å². The first-order chi connectivity index (χ1) is 27.7. The van der Waals surface area contributed by atoms with Gasteiger partial charge in [0.1, 0.15) is 0 Å². The van der Waals surface area contributed by atoms with Crippen LogP contribution in [0.4, 0.5) is 0 Å². The van der Waals surface area contributed by atoms with Crippen molar-refractivity contribution in [2.45, 2.75) is 0 Å². The summed E-state index contributed by atoms with van der Waals surface area (Å²) in [4.78, 5) is 25.5. The number of benzene rings is 7. The van der Waals surface area contributed by atoms with Crippen LogP contribution >= 0.6 is 0 Å². The number of aromatic nitrogens is 5. The Bertz CT molecular complexity index is 2790. The molecule has 262 valence electrons. The lowest BCUT2D eigenvalue weighted by molar-refractivity contribution is 1.08. The van der Waals surface area contributed by atoms with Crippen LogP contribution in [0.25, 0.3) is 100 Å². The molecular formula is C51H33N5. The summed E-state index contributed by atoms with van der Waals surface area (Å²) in [6, 6.07) is 64.7. The van der Waals surface area contributed by atoms with Gasteiger partial charge in [0.05, 0.1) is 11.4 Å². The molecule has 0 bridgehead atoms. The maximum Gasteiger partial charge on any atom is 0.164 e. The van der Waals surface area contributed by atoms with E-state index in [9.17, 15) is 0 Å². The Morgan fingerprint density at radius 3 is 1.14 bits per heavy atom. The quantitative estimate of drug-likeness (QED) is 0.164. The molecule has 10 aromatic rings. The van der Waals surface area contributed by atoms with Crippen LogP contribution in [-0.4, -0.2) is 24.9 Å². The summed E-state index contributed by atoms with van der Waals surface area (Å²) in [6.45, 7) is 0. The molecule has 5 heteroatoms. The number of rotatable bonds is 7. The average molecular weight is 716 g/mol. The maximum absolute atomic E-state index is 5.25. The average Bonchev–Trinajstić information content (AvgIpc) is 3.29. The van der Waals surface area contributed by atoms with Gasteiger partial charge < -0.3 is 0 Å². The van der Waals surface area contributed by atoms with Gasteiger partial charge in [-0.2, -0.15) is 0 Å². The van der Waals surface area contributed by atoms with Gasteiger partial charge in [0.15, 0.2) is 17.5 Å². The lowest BCUT2D eigenvalue weighted by Crippen LogP contribution is -2.01. The minimum absolute atomic E-state index is 0.580. The van der Waals surface area contributed by atoms with Crippen molar-refractivity contribution in [1.82, 2.24) is 24.9 Å². The molecule has 0 spiro atoms. The number of nitrogens with zero attached hydrogens (tertiary/aromatic N) is 5. The number of fused-ring (bicyclic) bond motifs is 2. The van der Waals surface area contributed by atoms with E-state index in [1.54, 1.807) is 0 Å². The molecule has 0 saturated carbocycles. The Hall–Kier alpha value is -7.63. The molecule has 0 aliphatic rings. The summed E-state index contributed by atoms with van der Waals surface area (Å²) in [5.41, 5.74) is 10.7. The van der Waals surface area contributed by atoms with Crippen LogP contribution in [0.1, 0.15) is 0 Å². The van der Waals surface area contributed by atoms with Gasteiger partial charge in [0, 0.05) is 51.3 Å². The van der Waals surface area contributed by atoms with E-state index in [4.69, 9.17) is 24.9 Å². The number of pyridine rings is 2. The van der Waals surface area contributed by atoms with Crippen LogP contribution in [-0.2, 0) is 0 Å². The summed E-state index contributed by atoms with van der Waals surface area (Å²) in [5, 5.41) is 4.42. The second-order valence-corrected chi connectivity index (χ2v) is 13.8.